The summed E-state index contributed by atoms with van der Waals surface area (Å²) in [5, 5.41) is 7.15. The van der Waals surface area contributed by atoms with Crippen molar-refractivity contribution in [2.24, 2.45) is 0 Å². The minimum atomic E-state index is 0.377. The molecule has 0 aliphatic carbocycles. The van der Waals surface area contributed by atoms with Gasteiger partial charge in [-0.1, -0.05) is 5.16 Å². The van der Waals surface area contributed by atoms with Gasteiger partial charge in [0.15, 0.2) is 0 Å². The van der Waals surface area contributed by atoms with Crippen LogP contribution in [0, 0.1) is 0 Å². The third kappa shape index (κ3) is 2.81. The first kappa shape index (κ1) is 11.6. The van der Waals surface area contributed by atoms with Crippen molar-refractivity contribution >= 4 is 0 Å². The highest BCUT2D eigenvalue weighted by Crippen LogP contribution is 2.27. The predicted molar refractivity (Wildman–Crippen MR) is 58.3 cm³/mol. The van der Waals surface area contributed by atoms with Crippen LogP contribution in [0.4, 0.5) is 0 Å². The van der Waals surface area contributed by atoms with Gasteiger partial charge in [0.1, 0.15) is 5.76 Å². The molecule has 1 saturated heterocycles. The summed E-state index contributed by atoms with van der Waals surface area (Å²) in [5.74, 6) is 1.35. The van der Waals surface area contributed by atoms with Gasteiger partial charge in [-0.25, -0.2) is 0 Å². The Morgan fingerprint density at radius 3 is 3.31 bits per heavy atom. The van der Waals surface area contributed by atoms with E-state index < -0.39 is 0 Å². The second-order valence-electron chi connectivity index (χ2n) is 3.95. The molecule has 1 aliphatic rings. The Kier molecular flexibility index (Phi) is 4.33. The van der Waals surface area contributed by atoms with Gasteiger partial charge < -0.3 is 19.3 Å². The van der Waals surface area contributed by atoms with E-state index in [9.17, 15) is 0 Å². The summed E-state index contributed by atoms with van der Waals surface area (Å²) in [4.78, 5) is 0. The molecule has 0 amide bonds. The molecule has 2 rings (SSSR count). The highest BCUT2D eigenvalue weighted by Gasteiger charge is 2.24. The molecule has 0 saturated carbocycles. The van der Waals surface area contributed by atoms with E-state index in [0.29, 0.717) is 12.5 Å². The third-order valence-corrected chi connectivity index (χ3v) is 2.77. The monoisotopic (exact) mass is 226 g/mol. The van der Waals surface area contributed by atoms with Crippen LogP contribution < -0.4 is 5.32 Å². The number of aromatic nitrogens is 1. The van der Waals surface area contributed by atoms with Crippen molar-refractivity contribution in [1.82, 2.24) is 10.5 Å². The highest BCUT2D eigenvalue weighted by molar-refractivity contribution is 5.18. The Bertz CT molecular complexity index is 308. The smallest absolute Gasteiger partial charge is 0.146 e. The van der Waals surface area contributed by atoms with Crippen molar-refractivity contribution in [3.8, 4) is 0 Å². The van der Waals surface area contributed by atoms with E-state index in [1.807, 2.05) is 0 Å². The van der Waals surface area contributed by atoms with Crippen molar-refractivity contribution in [1.29, 1.82) is 0 Å². The third-order valence-electron chi connectivity index (χ3n) is 2.77. The van der Waals surface area contributed by atoms with Crippen LogP contribution in [0.3, 0.4) is 0 Å². The quantitative estimate of drug-likeness (QED) is 0.731. The lowest BCUT2D eigenvalue weighted by molar-refractivity contribution is 0.189. The van der Waals surface area contributed by atoms with Crippen LogP contribution in [-0.4, -0.2) is 38.6 Å². The number of hydrogen-bond acceptors (Lipinski definition) is 5. The van der Waals surface area contributed by atoms with E-state index in [0.717, 1.165) is 44.0 Å². The second-order valence-corrected chi connectivity index (χ2v) is 3.95. The fourth-order valence-corrected chi connectivity index (χ4v) is 1.88. The van der Waals surface area contributed by atoms with Crippen LogP contribution in [0.25, 0.3) is 0 Å². The lowest BCUT2D eigenvalue weighted by Gasteiger charge is -2.07. The molecule has 5 heteroatoms. The van der Waals surface area contributed by atoms with Crippen molar-refractivity contribution in [2.45, 2.75) is 18.9 Å². The lowest BCUT2D eigenvalue weighted by Crippen LogP contribution is -2.19. The number of rotatable bonds is 6. The molecular formula is C11H18N2O3. The molecule has 1 aromatic heterocycles. The normalized spacial score (nSPS) is 20.4. The van der Waals surface area contributed by atoms with Crippen molar-refractivity contribution in [2.75, 3.05) is 33.5 Å². The zero-order valence-corrected chi connectivity index (χ0v) is 9.57. The molecule has 90 valence electrons. The maximum Gasteiger partial charge on any atom is 0.146 e. The molecule has 1 atom stereocenters. The maximum absolute atomic E-state index is 5.35. The van der Waals surface area contributed by atoms with Crippen molar-refractivity contribution < 1.29 is 14.0 Å². The van der Waals surface area contributed by atoms with E-state index in [-0.39, 0.29) is 0 Å². The summed E-state index contributed by atoms with van der Waals surface area (Å²) < 4.78 is 15.6. The van der Waals surface area contributed by atoms with E-state index in [1.54, 1.807) is 13.3 Å². The van der Waals surface area contributed by atoms with Crippen LogP contribution >= 0.6 is 0 Å². The van der Waals surface area contributed by atoms with Crippen LogP contribution in [-0.2, 0) is 16.0 Å². The predicted octanol–water partition coefficient (Wildman–Crippen LogP) is 0.914. The number of nitrogens with one attached hydrogen (secondary N) is 1. The minimum absolute atomic E-state index is 0.377. The first-order valence-corrected chi connectivity index (χ1v) is 5.62. The largest absolute Gasteiger partial charge is 0.383 e. The van der Waals surface area contributed by atoms with Gasteiger partial charge >= 0.3 is 0 Å². The molecule has 0 radical (unpaired) electrons. The SMILES string of the molecule is COCCNCc1cnoc1C1CCOC1. The Morgan fingerprint density at radius 1 is 1.62 bits per heavy atom. The van der Waals surface area contributed by atoms with Gasteiger partial charge in [0.05, 0.1) is 19.4 Å². The van der Waals surface area contributed by atoms with E-state index >= 15 is 0 Å². The summed E-state index contributed by atoms with van der Waals surface area (Å²) in [6, 6.07) is 0. The zero-order valence-electron chi connectivity index (χ0n) is 9.57. The average molecular weight is 226 g/mol. The van der Waals surface area contributed by atoms with Gasteiger partial charge in [-0.2, -0.15) is 0 Å². The number of hydrogen-bond donors (Lipinski definition) is 1. The van der Waals surface area contributed by atoms with Gasteiger partial charge in [-0.15, -0.1) is 0 Å². The minimum Gasteiger partial charge on any atom is -0.383 e. The Morgan fingerprint density at radius 2 is 2.56 bits per heavy atom. The molecule has 2 heterocycles. The lowest BCUT2D eigenvalue weighted by atomic mass is 10.0. The standard InChI is InChI=1S/C11H18N2O3/c1-14-5-3-12-6-10-7-13-16-11(10)9-2-4-15-8-9/h7,9,12H,2-6,8H2,1H3. The van der Waals surface area contributed by atoms with E-state index in [4.69, 9.17) is 14.0 Å². The number of methoxy groups -OCH3 is 1. The summed E-state index contributed by atoms with van der Waals surface area (Å²) in [6.07, 6.45) is 2.81. The molecular weight excluding hydrogens is 208 g/mol. The topological polar surface area (TPSA) is 56.5 Å². The Balaban J connectivity index is 1.86. The molecule has 0 spiro atoms. The molecule has 0 aromatic carbocycles. The highest BCUT2D eigenvalue weighted by atomic mass is 16.5. The zero-order chi connectivity index (χ0) is 11.2. The summed E-state index contributed by atoms with van der Waals surface area (Å²) in [7, 11) is 1.70. The van der Waals surface area contributed by atoms with Crippen molar-refractivity contribution in [3.05, 3.63) is 17.5 Å². The van der Waals surface area contributed by atoms with Gasteiger partial charge in [0, 0.05) is 38.3 Å². The summed E-state index contributed by atoms with van der Waals surface area (Å²) >= 11 is 0. The van der Waals surface area contributed by atoms with Crippen LogP contribution in [0.15, 0.2) is 10.7 Å². The van der Waals surface area contributed by atoms with E-state index in [1.165, 1.54) is 0 Å². The molecule has 1 aromatic rings. The average Bonchev–Trinajstić information content (AvgIpc) is 2.94. The molecule has 1 aliphatic heterocycles. The molecule has 1 fully saturated rings. The van der Waals surface area contributed by atoms with Gasteiger partial charge in [-0.3, -0.25) is 0 Å². The maximum atomic E-state index is 5.35. The molecule has 16 heavy (non-hydrogen) atoms. The fourth-order valence-electron chi connectivity index (χ4n) is 1.88. The van der Waals surface area contributed by atoms with Crippen LogP contribution in [0.1, 0.15) is 23.7 Å². The first-order chi connectivity index (χ1) is 7.92. The van der Waals surface area contributed by atoms with Crippen LogP contribution in [0.5, 0.6) is 0 Å². The molecule has 5 nitrogen and oxygen atoms in total. The first-order valence-electron chi connectivity index (χ1n) is 5.62. The van der Waals surface area contributed by atoms with Crippen molar-refractivity contribution in [3.63, 3.8) is 0 Å². The number of nitrogens with zero attached hydrogens (tertiary/aromatic N) is 1. The number of ether oxygens (including phenoxy) is 2. The van der Waals surface area contributed by atoms with Gasteiger partial charge in [-0.05, 0) is 6.42 Å². The van der Waals surface area contributed by atoms with E-state index in [2.05, 4.69) is 10.5 Å². The molecule has 1 N–H and O–H groups in total. The van der Waals surface area contributed by atoms with Gasteiger partial charge in [0.25, 0.3) is 0 Å². The Hall–Kier alpha value is -0.910. The molecule has 0 bridgehead atoms. The fraction of sp³-hybridized carbons (Fsp3) is 0.727. The summed E-state index contributed by atoms with van der Waals surface area (Å²) in [6.45, 7) is 3.90. The summed E-state index contributed by atoms with van der Waals surface area (Å²) in [5.41, 5.74) is 1.13. The Labute approximate surface area is 95.1 Å². The second kappa shape index (κ2) is 5.98. The molecule has 1 unspecified atom stereocenters. The van der Waals surface area contributed by atoms with Crippen LogP contribution in [0.2, 0.25) is 0 Å². The van der Waals surface area contributed by atoms with Gasteiger partial charge in [0.2, 0.25) is 0 Å².